The van der Waals surface area contributed by atoms with E-state index in [-0.39, 0.29) is 24.4 Å². The van der Waals surface area contributed by atoms with Crippen molar-refractivity contribution in [1.82, 2.24) is 10.3 Å². The molecule has 1 aliphatic carbocycles. The van der Waals surface area contributed by atoms with Crippen LogP contribution < -0.4 is 25.4 Å². The molecule has 1 aromatic heterocycles. The minimum absolute atomic E-state index is 0.0948. The molecule has 0 atom stereocenters. The number of urea groups is 1. The lowest BCUT2D eigenvalue weighted by atomic mass is 9.96. The van der Waals surface area contributed by atoms with Gasteiger partial charge in [-0.05, 0) is 25.0 Å². The van der Waals surface area contributed by atoms with Gasteiger partial charge < -0.3 is 20.1 Å². The normalized spacial score (nSPS) is 14.1. The lowest BCUT2D eigenvalue weighted by molar-refractivity contribution is -0.115. The maximum atomic E-state index is 12.4. The molecule has 3 amide bonds. The van der Waals surface area contributed by atoms with E-state index in [0.717, 1.165) is 25.7 Å². The van der Waals surface area contributed by atoms with Crippen molar-refractivity contribution in [2.75, 3.05) is 24.9 Å². The fraction of sp³-hybridized carbons (Fsp3) is 0.450. The van der Waals surface area contributed by atoms with Gasteiger partial charge in [0.25, 0.3) is 0 Å². The van der Waals surface area contributed by atoms with Crippen molar-refractivity contribution in [1.29, 1.82) is 0 Å². The van der Waals surface area contributed by atoms with Crippen LogP contribution >= 0.6 is 11.3 Å². The number of hydrogen-bond donors (Lipinski definition) is 3. The number of carbonyl (C=O) groups is 2. The first-order valence-corrected chi connectivity index (χ1v) is 10.5. The lowest BCUT2D eigenvalue weighted by Crippen LogP contribution is -2.39. The van der Waals surface area contributed by atoms with Crippen LogP contribution in [-0.2, 0) is 11.2 Å². The van der Waals surface area contributed by atoms with Gasteiger partial charge >= 0.3 is 6.03 Å². The zero-order valence-electron chi connectivity index (χ0n) is 16.6. The third kappa shape index (κ3) is 6.08. The van der Waals surface area contributed by atoms with Crippen molar-refractivity contribution >= 4 is 34.1 Å². The molecule has 3 rings (SSSR count). The highest BCUT2D eigenvalue weighted by atomic mass is 32.1. The summed E-state index contributed by atoms with van der Waals surface area (Å²) in [7, 11) is 3.09. The van der Waals surface area contributed by atoms with Gasteiger partial charge in [-0.25, -0.2) is 9.78 Å². The van der Waals surface area contributed by atoms with Gasteiger partial charge in [0.15, 0.2) is 5.13 Å². The van der Waals surface area contributed by atoms with Gasteiger partial charge in [-0.1, -0.05) is 19.3 Å². The number of hydrogen-bond acceptors (Lipinski definition) is 6. The topological polar surface area (TPSA) is 102 Å². The highest BCUT2D eigenvalue weighted by molar-refractivity contribution is 7.13. The fourth-order valence-corrected chi connectivity index (χ4v) is 3.98. The number of benzene rings is 1. The Morgan fingerprint density at radius 2 is 1.93 bits per heavy atom. The van der Waals surface area contributed by atoms with Crippen molar-refractivity contribution in [3.8, 4) is 11.5 Å². The first kappa shape index (κ1) is 20.9. The van der Waals surface area contributed by atoms with E-state index < -0.39 is 0 Å². The number of thiazole rings is 1. The van der Waals surface area contributed by atoms with Gasteiger partial charge in [-0.2, -0.15) is 0 Å². The smallest absolute Gasteiger partial charge is 0.321 e. The Morgan fingerprint density at radius 3 is 2.66 bits per heavy atom. The van der Waals surface area contributed by atoms with Crippen LogP contribution in [0.2, 0.25) is 0 Å². The molecule has 0 saturated heterocycles. The number of carbonyl (C=O) groups excluding carboxylic acids is 2. The molecule has 0 spiro atoms. The monoisotopic (exact) mass is 418 g/mol. The molecular formula is C20H26N4O4S. The number of aromatic nitrogens is 1. The maximum absolute atomic E-state index is 12.4. The molecule has 0 bridgehead atoms. The van der Waals surface area contributed by atoms with Crippen LogP contribution in [0.15, 0.2) is 23.6 Å². The number of rotatable bonds is 7. The van der Waals surface area contributed by atoms with Gasteiger partial charge in [-0.15, -0.1) is 11.3 Å². The van der Waals surface area contributed by atoms with E-state index in [4.69, 9.17) is 9.47 Å². The Labute approximate surface area is 174 Å². The Bertz CT molecular complexity index is 849. The SMILES string of the molecule is COc1ccc(NC(=O)Cc2csc(NC(=O)NC3CCCCC3)n2)c(OC)c1. The van der Waals surface area contributed by atoms with E-state index in [0.29, 0.717) is 28.0 Å². The summed E-state index contributed by atoms with van der Waals surface area (Å²) in [5.74, 6) is 0.927. The molecule has 0 unspecified atom stereocenters. The van der Waals surface area contributed by atoms with Gasteiger partial charge in [0.2, 0.25) is 5.91 Å². The number of ether oxygens (including phenoxy) is 2. The Hall–Kier alpha value is -2.81. The third-order valence-electron chi connectivity index (χ3n) is 4.74. The Balaban J connectivity index is 1.51. The molecule has 1 heterocycles. The molecule has 8 nitrogen and oxygen atoms in total. The molecule has 2 aromatic rings. The second kappa shape index (κ2) is 10.1. The summed E-state index contributed by atoms with van der Waals surface area (Å²) < 4.78 is 10.4. The van der Waals surface area contributed by atoms with E-state index in [1.807, 2.05) is 0 Å². The zero-order valence-corrected chi connectivity index (χ0v) is 17.4. The summed E-state index contributed by atoms with van der Waals surface area (Å²) in [4.78, 5) is 28.8. The molecular weight excluding hydrogens is 392 g/mol. The van der Waals surface area contributed by atoms with Crippen molar-refractivity contribution in [3.63, 3.8) is 0 Å². The Kier molecular flexibility index (Phi) is 7.29. The summed E-state index contributed by atoms with van der Waals surface area (Å²) in [6.45, 7) is 0. The van der Waals surface area contributed by atoms with Crippen molar-refractivity contribution in [2.24, 2.45) is 0 Å². The standard InChI is InChI=1S/C20H26N4O4S/c1-27-15-8-9-16(17(11-15)28-2)23-18(25)10-14-12-29-20(22-14)24-19(26)21-13-6-4-3-5-7-13/h8-9,11-13H,3-7,10H2,1-2H3,(H,23,25)(H2,21,22,24,26). The number of nitrogens with one attached hydrogen (secondary N) is 3. The van der Waals surface area contributed by atoms with E-state index in [2.05, 4.69) is 20.9 Å². The second-order valence-electron chi connectivity index (χ2n) is 6.87. The van der Waals surface area contributed by atoms with Crippen molar-refractivity contribution in [3.05, 3.63) is 29.3 Å². The molecule has 3 N–H and O–H groups in total. The molecule has 1 aromatic carbocycles. The Morgan fingerprint density at radius 1 is 1.14 bits per heavy atom. The molecule has 29 heavy (non-hydrogen) atoms. The molecule has 0 aliphatic heterocycles. The molecule has 1 aliphatic rings. The van der Waals surface area contributed by atoms with Crippen LogP contribution in [0.1, 0.15) is 37.8 Å². The van der Waals surface area contributed by atoms with Crippen LogP contribution in [-0.4, -0.2) is 37.2 Å². The van der Waals surface area contributed by atoms with Gasteiger partial charge in [0.05, 0.1) is 32.0 Å². The molecule has 1 saturated carbocycles. The third-order valence-corrected chi connectivity index (χ3v) is 5.54. The molecule has 156 valence electrons. The number of methoxy groups -OCH3 is 2. The minimum Gasteiger partial charge on any atom is -0.497 e. The predicted octanol–water partition coefficient (Wildman–Crippen LogP) is 3.80. The largest absolute Gasteiger partial charge is 0.497 e. The zero-order chi connectivity index (χ0) is 20.6. The summed E-state index contributed by atoms with van der Waals surface area (Å²) in [5.41, 5.74) is 1.15. The maximum Gasteiger partial charge on any atom is 0.321 e. The van der Waals surface area contributed by atoms with Gasteiger partial charge in [-0.3, -0.25) is 10.1 Å². The van der Waals surface area contributed by atoms with Crippen molar-refractivity contribution in [2.45, 2.75) is 44.6 Å². The summed E-state index contributed by atoms with van der Waals surface area (Å²) in [6.07, 6.45) is 5.68. The minimum atomic E-state index is -0.245. The van der Waals surface area contributed by atoms with Crippen LogP contribution in [0.5, 0.6) is 11.5 Å². The lowest BCUT2D eigenvalue weighted by Gasteiger charge is -2.22. The second-order valence-corrected chi connectivity index (χ2v) is 7.73. The van der Waals surface area contributed by atoms with Gasteiger partial charge in [0.1, 0.15) is 11.5 Å². The van der Waals surface area contributed by atoms with Crippen LogP contribution in [0, 0.1) is 0 Å². The first-order chi connectivity index (χ1) is 14.1. The van der Waals surface area contributed by atoms with E-state index in [9.17, 15) is 9.59 Å². The first-order valence-electron chi connectivity index (χ1n) is 9.61. The summed E-state index contributed by atoms with van der Waals surface area (Å²) in [6, 6.07) is 5.15. The molecule has 0 radical (unpaired) electrons. The van der Waals surface area contributed by atoms with E-state index in [1.165, 1.54) is 24.9 Å². The van der Waals surface area contributed by atoms with Crippen LogP contribution in [0.25, 0.3) is 0 Å². The average Bonchev–Trinajstić information content (AvgIpc) is 3.15. The molecule has 9 heteroatoms. The predicted molar refractivity (Wildman–Crippen MR) is 113 cm³/mol. The van der Waals surface area contributed by atoms with E-state index in [1.54, 1.807) is 30.7 Å². The highest BCUT2D eigenvalue weighted by Gasteiger charge is 2.17. The van der Waals surface area contributed by atoms with Crippen molar-refractivity contribution < 1.29 is 19.1 Å². The summed E-state index contributed by atoms with van der Waals surface area (Å²) in [5, 5.41) is 10.8. The average molecular weight is 419 g/mol. The van der Waals surface area contributed by atoms with E-state index >= 15 is 0 Å². The van der Waals surface area contributed by atoms with Gasteiger partial charge in [0, 0.05) is 17.5 Å². The highest BCUT2D eigenvalue weighted by Crippen LogP contribution is 2.29. The number of amides is 3. The molecule has 1 fully saturated rings. The fourth-order valence-electron chi connectivity index (χ4n) is 3.27. The number of anilines is 2. The van der Waals surface area contributed by atoms with Crippen LogP contribution in [0.3, 0.4) is 0 Å². The van der Waals surface area contributed by atoms with Crippen LogP contribution in [0.4, 0.5) is 15.6 Å². The quantitative estimate of drug-likeness (QED) is 0.635. The summed E-state index contributed by atoms with van der Waals surface area (Å²) >= 11 is 1.30. The number of nitrogens with zero attached hydrogens (tertiary/aromatic N) is 1.